The molecular formula is C27H27N3O4. The van der Waals surface area contributed by atoms with Gasteiger partial charge in [0.2, 0.25) is 5.91 Å². The summed E-state index contributed by atoms with van der Waals surface area (Å²) in [6.45, 7) is 1.65. The number of aromatic nitrogens is 2. The van der Waals surface area contributed by atoms with Gasteiger partial charge in [0.15, 0.2) is 11.5 Å². The highest BCUT2D eigenvalue weighted by molar-refractivity contribution is 5.96. The van der Waals surface area contributed by atoms with Crippen LogP contribution in [0.5, 0.6) is 17.2 Å². The van der Waals surface area contributed by atoms with Crippen molar-refractivity contribution in [2.45, 2.75) is 18.9 Å². The summed E-state index contributed by atoms with van der Waals surface area (Å²) in [5.41, 5.74) is 2.83. The molecule has 34 heavy (non-hydrogen) atoms. The number of carbonyl (C=O) groups excluding carboxylic acids is 1. The van der Waals surface area contributed by atoms with Gasteiger partial charge in [0.1, 0.15) is 18.2 Å². The van der Waals surface area contributed by atoms with Gasteiger partial charge in [0.25, 0.3) is 0 Å². The van der Waals surface area contributed by atoms with Gasteiger partial charge in [-0.2, -0.15) is 0 Å². The first-order chi connectivity index (χ1) is 16.7. The molecule has 1 atom stereocenters. The second-order valence-electron chi connectivity index (χ2n) is 8.21. The third kappa shape index (κ3) is 4.17. The van der Waals surface area contributed by atoms with Gasteiger partial charge >= 0.3 is 0 Å². The maximum absolute atomic E-state index is 12.9. The molecule has 1 amide bonds. The van der Waals surface area contributed by atoms with Crippen LogP contribution in [0.25, 0.3) is 11.0 Å². The molecule has 1 fully saturated rings. The normalized spacial score (nSPS) is 15.6. The van der Waals surface area contributed by atoms with Gasteiger partial charge in [-0.1, -0.05) is 24.3 Å². The lowest BCUT2D eigenvalue weighted by Gasteiger charge is -2.18. The number of fused-ring (bicyclic) bond motifs is 1. The molecule has 5 rings (SSSR count). The van der Waals surface area contributed by atoms with Gasteiger partial charge in [-0.3, -0.25) is 4.79 Å². The van der Waals surface area contributed by atoms with Crippen molar-refractivity contribution in [3.63, 3.8) is 0 Å². The van der Waals surface area contributed by atoms with Gasteiger partial charge in [0, 0.05) is 24.6 Å². The Morgan fingerprint density at radius 1 is 0.912 bits per heavy atom. The first kappa shape index (κ1) is 21.8. The van der Waals surface area contributed by atoms with Crippen molar-refractivity contribution in [3.05, 3.63) is 78.6 Å². The van der Waals surface area contributed by atoms with Gasteiger partial charge in [0.05, 0.1) is 31.8 Å². The predicted octanol–water partition coefficient (Wildman–Crippen LogP) is 4.65. The van der Waals surface area contributed by atoms with Gasteiger partial charge in [-0.15, -0.1) is 0 Å². The van der Waals surface area contributed by atoms with Crippen LogP contribution in [0, 0.1) is 0 Å². The van der Waals surface area contributed by atoms with Crippen LogP contribution in [-0.2, 0) is 11.3 Å². The largest absolute Gasteiger partial charge is 0.497 e. The molecule has 1 aliphatic heterocycles. The third-order valence-corrected chi connectivity index (χ3v) is 6.20. The predicted molar refractivity (Wildman–Crippen MR) is 131 cm³/mol. The molecule has 0 spiro atoms. The summed E-state index contributed by atoms with van der Waals surface area (Å²) in [7, 11) is 3.27. The van der Waals surface area contributed by atoms with Crippen molar-refractivity contribution in [3.8, 4) is 17.2 Å². The van der Waals surface area contributed by atoms with Crippen LogP contribution < -0.4 is 19.1 Å². The Morgan fingerprint density at radius 3 is 2.41 bits per heavy atom. The number of imidazole rings is 1. The van der Waals surface area contributed by atoms with Crippen molar-refractivity contribution in [2.75, 3.05) is 32.3 Å². The number of nitrogens with zero attached hydrogens (tertiary/aromatic N) is 3. The highest BCUT2D eigenvalue weighted by Gasteiger charge is 2.34. The zero-order valence-corrected chi connectivity index (χ0v) is 19.3. The van der Waals surface area contributed by atoms with Crippen molar-refractivity contribution < 1.29 is 19.0 Å². The average molecular weight is 458 g/mol. The number of rotatable bonds is 8. The first-order valence-electron chi connectivity index (χ1n) is 11.3. The maximum atomic E-state index is 12.9. The van der Waals surface area contributed by atoms with Crippen LogP contribution in [0.3, 0.4) is 0 Å². The second-order valence-corrected chi connectivity index (χ2v) is 8.21. The summed E-state index contributed by atoms with van der Waals surface area (Å²) in [6.07, 6.45) is 0.419. The van der Waals surface area contributed by atoms with E-state index in [0.29, 0.717) is 37.6 Å². The highest BCUT2D eigenvalue weighted by atomic mass is 16.5. The molecule has 2 heterocycles. The Hall–Kier alpha value is -4.00. The van der Waals surface area contributed by atoms with E-state index in [2.05, 4.69) is 10.6 Å². The van der Waals surface area contributed by atoms with Crippen LogP contribution in [0.15, 0.2) is 72.8 Å². The molecule has 0 radical (unpaired) electrons. The van der Waals surface area contributed by atoms with Crippen molar-refractivity contribution >= 4 is 22.6 Å². The number of benzene rings is 3. The van der Waals surface area contributed by atoms with E-state index in [4.69, 9.17) is 19.2 Å². The molecular weight excluding hydrogens is 430 g/mol. The molecule has 174 valence electrons. The average Bonchev–Trinajstić information content (AvgIpc) is 3.45. The minimum Gasteiger partial charge on any atom is -0.497 e. The molecule has 0 bridgehead atoms. The van der Waals surface area contributed by atoms with Gasteiger partial charge < -0.3 is 23.7 Å². The molecule has 0 aliphatic carbocycles. The standard InChI is InChI=1S/C27H27N3O4/c1-32-21-13-11-20(12-14-21)30-18-19(17-26(30)31)27-28-22-7-3-4-8-23(22)29(27)15-16-34-25-10-6-5-9-24(25)33-2/h3-14,19H,15-18H2,1-2H3/t19-/m1/s1. The van der Waals surface area contributed by atoms with Crippen LogP contribution >= 0.6 is 0 Å². The summed E-state index contributed by atoms with van der Waals surface area (Å²) >= 11 is 0. The maximum Gasteiger partial charge on any atom is 0.227 e. The zero-order valence-electron chi connectivity index (χ0n) is 19.3. The van der Waals surface area contributed by atoms with E-state index in [1.165, 1.54) is 0 Å². The number of amides is 1. The number of hydrogen-bond donors (Lipinski definition) is 0. The summed E-state index contributed by atoms with van der Waals surface area (Å²) in [5.74, 6) is 3.18. The molecule has 1 aliphatic rings. The Labute approximate surface area is 198 Å². The molecule has 0 N–H and O–H groups in total. The SMILES string of the molecule is COc1ccc(N2C[C@H](c3nc4ccccc4n3CCOc3ccccc3OC)CC2=O)cc1. The number of para-hydroxylation sites is 4. The lowest BCUT2D eigenvalue weighted by Crippen LogP contribution is -2.24. The molecule has 0 unspecified atom stereocenters. The Morgan fingerprint density at radius 2 is 1.65 bits per heavy atom. The first-order valence-corrected chi connectivity index (χ1v) is 11.3. The minimum absolute atomic E-state index is 0.00624. The summed E-state index contributed by atoms with van der Waals surface area (Å²) in [6, 6.07) is 23.3. The molecule has 3 aromatic carbocycles. The van der Waals surface area contributed by atoms with Crippen LogP contribution in [0.4, 0.5) is 5.69 Å². The lowest BCUT2D eigenvalue weighted by atomic mass is 10.1. The van der Waals surface area contributed by atoms with E-state index in [1.54, 1.807) is 14.2 Å². The molecule has 7 heteroatoms. The van der Waals surface area contributed by atoms with Gasteiger partial charge in [-0.05, 0) is 48.5 Å². The number of carbonyl (C=O) groups is 1. The second kappa shape index (κ2) is 9.47. The topological polar surface area (TPSA) is 65.8 Å². The molecule has 1 saturated heterocycles. The molecule has 1 aromatic heterocycles. The Balaban J connectivity index is 1.39. The van der Waals surface area contributed by atoms with Crippen LogP contribution in [0.2, 0.25) is 0 Å². The summed E-state index contributed by atoms with van der Waals surface area (Å²) < 4.78 is 18.9. The van der Waals surface area contributed by atoms with E-state index in [0.717, 1.165) is 28.3 Å². The van der Waals surface area contributed by atoms with E-state index < -0.39 is 0 Å². The fraction of sp³-hybridized carbons (Fsp3) is 0.259. The van der Waals surface area contributed by atoms with E-state index in [9.17, 15) is 4.79 Å². The monoisotopic (exact) mass is 457 g/mol. The zero-order chi connectivity index (χ0) is 23.5. The van der Waals surface area contributed by atoms with E-state index in [-0.39, 0.29) is 11.8 Å². The quantitative estimate of drug-likeness (QED) is 0.385. The highest BCUT2D eigenvalue weighted by Crippen LogP contribution is 2.34. The van der Waals surface area contributed by atoms with Crippen molar-refractivity contribution in [1.82, 2.24) is 9.55 Å². The summed E-state index contributed by atoms with van der Waals surface area (Å²) in [5, 5.41) is 0. The molecule has 7 nitrogen and oxygen atoms in total. The van der Waals surface area contributed by atoms with Crippen LogP contribution in [0.1, 0.15) is 18.2 Å². The van der Waals surface area contributed by atoms with Gasteiger partial charge in [-0.25, -0.2) is 4.98 Å². The number of anilines is 1. The third-order valence-electron chi connectivity index (χ3n) is 6.20. The summed E-state index contributed by atoms with van der Waals surface area (Å²) in [4.78, 5) is 19.7. The molecule has 4 aromatic rings. The van der Waals surface area contributed by atoms with E-state index >= 15 is 0 Å². The van der Waals surface area contributed by atoms with Crippen LogP contribution in [-0.4, -0.2) is 42.8 Å². The number of methoxy groups -OCH3 is 2. The Bertz CT molecular complexity index is 1300. The van der Waals surface area contributed by atoms with Crippen molar-refractivity contribution in [1.29, 1.82) is 0 Å². The van der Waals surface area contributed by atoms with E-state index in [1.807, 2.05) is 71.6 Å². The smallest absolute Gasteiger partial charge is 0.227 e. The Kier molecular flexibility index (Phi) is 6.08. The minimum atomic E-state index is -0.00624. The fourth-order valence-electron chi connectivity index (χ4n) is 4.52. The van der Waals surface area contributed by atoms with Crippen molar-refractivity contribution in [2.24, 2.45) is 0 Å². The molecule has 0 saturated carbocycles. The number of hydrogen-bond acceptors (Lipinski definition) is 5. The fourth-order valence-corrected chi connectivity index (χ4v) is 4.52. The lowest BCUT2D eigenvalue weighted by molar-refractivity contribution is -0.117. The number of ether oxygens (including phenoxy) is 3.